The van der Waals surface area contributed by atoms with Crippen molar-refractivity contribution in [3.8, 4) is 0 Å². The molecule has 19 heavy (non-hydrogen) atoms. The van der Waals surface area contributed by atoms with Crippen molar-refractivity contribution in [3.63, 3.8) is 0 Å². The molecular formula is C14H20ClN3O. The van der Waals surface area contributed by atoms with Gasteiger partial charge in [0.25, 0.3) is 5.56 Å². The van der Waals surface area contributed by atoms with Crippen molar-refractivity contribution in [2.24, 2.45) is 12.5 Å². The average molecular weight is 282 g/mol. The second-order valence-corrected chi connectivity index (χ2v) is 6.38. The monoisotopic (exact) mass is 281 g/mol. The van der Waals surface area contributed by atoms with Crippen molar-refractivity contribution in [2.45, 2.75) is 38.5 Å². The third kappa shape index (κ3) is 2.27. The SMILES string of the molecule is Cn1ncc(N2CCC3(CCCCC3)C2)c(Cl)c1=O. The van der Waals surface area contributed by atoms with E-state index in [9.17, 15) is 4.79 Å². The second-order valence-electron chi connectivity index (χ2n) is 6.00. The highest BCUT2D eigenvalue weighted by molar-refractivity contribution is 6.33. The van der Waals surface area contributed by atoms with Crippen LogP contribution in [-0.2, 0) is 7.05 Å². The lowest BCUT2D eigenvalue weighted by atomic mass is 9.73. The second kappa shape index (κ2) is 4.82. The van der Waals surface area contributed by atoms with Crippen molar-refractivity contribution >= 4 is 17.3 Å². The van der Waals surface area contributed by atoms with E-state index >= 15 is 0 Å². The van der Waals surface area contributed by atoms with Crippen LogP contribution in [0.3, 0.4) is 0 Å². The fourth-order valence-electron chi connectivity index (χ4n) is 3.57. The molecule has 2 fully saturated rings. The first-order valence-electron chi connectivity index (χ1n) is 7.08. The minimum atomic E-state index is -0.205. The van der Waals surface area contributed by atoms with E-state index in [-0.39, 0.29) is 5.56 Å². The van der Waals surface area contributed by atoms with Gasteiger partial charge in [0.1, 0.15) is 5.02 Å². The number of hydrogen-bond donors (Lipinski definition) is 0. The van der Waals surface area contributed by atoms with Gasteiger partial charge in [0.15, 0.2) is 0 Å². The molecule has 2 aliphatic rings. The van der Waals surface area contributed by atoms with Crippen LogP contribution in [0.1, 0.15) is 38.5 Å². The average Bonchev–Trinajstić information content (AvgIpc) is 2.81. The Balaban J connectivity index is 1.85. The summed E-state index contributed by atoms with van der Waals surface area (Å²) in [4.78, 5) is 14.1. The van der Waals surface area contributed by atoms with Crippen LogP contribution in [0, 0.1) is 5.41 Å². The van der Waals surface area contributed by atoms with Crippen molar-refractivity contribution in [1.82, 2.24) is 9.78 Å². The molecule has 1 aromatic rings. The smallest absolute Gasteiger partial charge is 0.287 e. The minimum absolute atomic E-state index is 0.205. The Morgan fingerprint density at radius 3 is 2.74 bits per heavy atom. The van der Waals surface area contributed by atoms with E-state index in [2.05, 4.69) is 10.00 Å². The molecule has 0 unspecified atom stereocenters. The van der Waals surface area contributed by atoms with Gasteiger partial charge in [-0.3, -0.25) is 4.79 Å². The zero-order valence-electron chi connectivity index (χ0n) is 11.4. The maximum absolute atomic E-state index is 11.9. The third-order valence-electron chi connectivity index (χ3n) is 4.75. The lowest BCUT2D eigenvalue weighted by Gasteiger charge is -2.33. The zero-order valence-corrected chi connectivity index (χ0v) is 12.1. The van der Waals surface area contributed by atoms with E-state index in [0.29, 0.717) is 10.4 Å². The summed E-state index contributed by atoms with van der Waals surface area (Å²) >= 11 is 6.19. The molecule has 2 heterocycles. The first kappa shape index (κ1) is 13.0. The molecule has 0 radical (unpaired) electrons. The molecule has 1 aliphatic carbocycles. The Morgan fingerprint density at radius 2 is 2.00 bits per heavy atom. The summed E-state index contributed by atoms with van der Waals surface area (Å²) in [5.74, 6) is 0. The van der Waals surface area contributed by atoms with Crippen LogP contribution in [-0.4, -0.2) is 22.9 Å². The maximum atomic E-state index is 11.9. The summed E-state index contributed by atoms with van der Waals surface area (Å²) < 4.78 is 1.29. The highest BCUT2D eigenvalue weighted by Crippen LogP contribution is 2.45. The normalized spacial score (nSPS) is 22.1. The van der Waals surface area contributed by atoms with Gasteiger partial charge in [-0.25, -0.2) is 4.68 Å². The van der Waals surface area contributed by atoms with E-state index in [0.717, 1.165) is 18.8 Å². The van der Waals surface area contributed by atoms with Crippen LogP contribution in [0.25, 0.3) is 0 Å². The molecule has 0 N–H and O–H groups in total. The molecule has 1 saturated carbocycles. The van der Waals surface area contributed by atoms with Gasteiger partial charge in [0, 0.05) is 20.1 Å². The maximum Gasteiger partial charge on any atom is 0.287 e. The molecule has 1 aromatic heterocycles. The quantitative estimate of drug-likeness (QED) is 0.794. The summed E-state index contributed by atoms with van der Waals surface area (Å²) in [6.07, 6.45) is 9.64. The largest absolute Gasteiger partial charge is 0.368 e. The van der Waals surface area contributed by atoms with Crippen LogP contribution in [0.2, 0.25) is 5.02 Å². The van der Waals surface area contributed by atoms with Crippen LogP contribution in [0.15, 0.2) is 11.0 Å². The Morgan fingerprint density at radius 1 is 1.26 bits per heavy atom. The Bertz CT molecular complexity index is 534. The molecule has 0 bridgehead atoms. The van der Waals surface area contributed by atoms with Gasteiger partial charge in [-0.05, 0) is 24.7 Å². The zero-order chi connectivity index (χ0) is 13.5. The molecule has 0 atom stereocenters. The van der Waals surface area contributed by atoms with Crippen LogP contribution < -0.4 is 10.5 Å². The van der Waals surface area contributed by atoms with Crippen LogP contribution in [0.5, 0.6) is 0 Å². The lowest BCUT2D eigenvalue weighted by molar-refractivity contribution is 0.219. The number of nitrogens with zero attached hydrogens (tertiary/aromatic N) is 3. The molecule has 3 rings (SSSR count). The number of halogens is 1. The van der Waals surface area contributed by atoms with Gasteiger partial charge in [-0.15, -0.1) is 0 Å². The highest BCUT2D eigenvalue weighted by atomic mass is 35.5. The van der Waals surface area contributed by atoms with Gasteiger partial charge in [0.05, 0.1) is 11.9 Å². The van der Waals surface area contributed by atoms with Gasteiger partial charge in [0.2, 0.25) is 0 Å². The van der Waals surface area contributed by atoms with Crippen molar-refractivity contribution < 1.29 is 0 Å². The molecule has 0 aromatic carbocycles. The molecular weight excluding hydrogens is 262 g/mol. The highest BCUT2D eigenvalue weighted by Gasteiger charge is 2.39. The van der Waals surface area contributed by atoms with Crippen LogP contribution in [0.4, 0.5) is 5.69 Å². The number of aryl methyl sites for hydroxylation is 1. The van der Waals surface area contributed by atoms with E-state index in [1.54, 1.807) is 13.2 Å². The first-order chi connectivity index (χ1) is 9.11. The van der Waals surface area contributed by atoms with Gasteiger partial charge < -0.3 is 4.90 Å². The van der Waals surface area contributed by atoms with E-state index in [4.69, 9.17) is 11.6 Å². The minimum Gasteiger partial charge on any atom is -0.368 e. The Kier molecular flexibility index (Phi) is 3.29. The standard InChI is InChI=1S/C14H20ClN3O/c1-17-13(19)12(15)11(9-16-17)18-8-7-14(10-18)5-3-2-4-6-14/h9H,2-8,10H2,1H3. The molecule has 1 saturated heterocycles. The third-order valence-corrected chi connectivity index (χ3v) is 5.11. The van der Waals surface area contributed by atoms with Crippen molar-refractivity contribution in [3.05, 3.63) is 21.6 Å². The fourth-order valence-corrected chi connectivity index (χ4v) is 3.86. The Hall–Kier alpha value is -1.03. The fraction of sp³-hybridized carbons (Fsp3) is 0.714. The topological polar surface area (TPSA) is 38.1 Å². The summed E-state index contributed by atoms with van der Waals surface area (Å²) in [5.41, 5.74) is 1.07. The van der Waals surface area contributed by atoms with E-state index < -0.39 is 0 Å². The van der Waals surface area contributed by atoms with E-state index in [1.807, 2.05) is 0 Å². The first-order valence-corrected chi connectivity index (χ1v) is 7.46. The number of anilines is 1. The molecule has 1 aliphatic heterocycles. The summed E-state index contributed by atoms with van der Waals surface area (Å²) in [6, 6.07) is 0. The molecule has 5 heteroatoms. The van der Waals surface area contributed by atoms with Crippen molar-refractivity contribution in [1.29, 1.82) is 0 Å². The summed E-state index contributed by atoms with van der Waals surface area (Å²) in [7, 11) is 1.63. The lowest BCUT2D eigenvalue weighted by Crippen LogP contribution is -2.31. The van der Waals surface area contributed by atoms with Gasteiger partial charge in [-0.1, -0.05) is 30.9 Å². The predicted molar refractivity (Wildman–Crippen MR) is 76.8 cm³/mol. The Labute approximate surface area is 118 Å². The van der Waals surface area contributed by atoms with E-state index in [1.165, 1.54) is 43.2 Å². The van der Waals surface area contributed by atoms with Crippen molar-refractivity contribution in [2.75, 3.05) is 18.0 Å². The predicted octanol–water partition coefficient (Wildman–Crippen LogP) is 2.59. The molecule has 4 nitrogen and oxygen atoms in total. The van der Waals surface area contributed by atoms with Crippen LogP contribution >= 0.6 is 11.6 Å². The summed E-state index contributed by atoms with van der Waals surface area (Å²) in [6.45, 7) is 2.02. The number of hydrogen-bond acceptors (Lipinski definition) is 3. The number of aromatic nitrogens is 2. The molecule has 1 spiro atoms. The molecule has 104 valence electrons. The summed E-state index contributed by atoms with van der Waals surface area (Å²) in [5, 5.41) is 4.41. The van der Waals surface area contributed by atoms with Gasteiger partial charge >= 0.3 is 0 Å². The van der Waals surface area contributed by atoms with Gasteiger partial charge in [-0.2, -0.15) is 5.10 Å². The number of rotatable bonds is 1. The molecule has 0 amide bonds.